The first-order valence-corrected chi connectivity index (χ1v) is 12.4. The minimum atomic E-state index is -3.73. The highest BCUT2D eigenvalue weighted by atomic mass is 35.5. The van der Waals surface area contributed by atoms with Gasteiger partial charge in [0, 0.05) is 24.7 Å². The second-order valence-electron chi connectivity index (χ2n) is 7.03. The third-order valence-corrected chi connectivity index (χ3v) is 7.58. The summed E-state index contributed by atoms with van der Waals surface area (Å²) in [4.78, 5) is 13.0. The third kappa shape index (κ3) is 5.99. The van der Waals surface area contributed by atoms with Crippen molar-refractivity contribution in [3.63, 3.8) is 0 Å². The van der Waals surface area contributed by atoms with Crippen LogP contribution in [0, 0.1) is 0 Å². The minimum Gasteiger partial charge on any atom is -0.494 e. The maximum Gasteiger partial charge on any atom is 0.255 e. The molecule has 0 aliphatic heterocycles. The Morgan fingerprint density at radius 2 is 1.64 bits per heavy atom. The zero-order valence-electron chi connectivity index (χ0n) is 17.8. The summed E-state index contributed by atoms with van der Waals surface area (Å²) >= 11 is 18.1. The summed E-state index contributed by atoms with van der Waals surface area (Å²) in [6.45, 7) is 2.20. The predicted octanol–water partition coefficient (Wildman–Crippen LogP) is 6.12. The SMILES string of the molecule is CCOc1ccc(C(=O)Nc2cc(Cl)c(Cl)cc2Cl)cc1CN(C)S(=O)(=O)c1ccccc1. The summed E-state index contributed by atoms with van der Waals surface area (Å²) < 4.78 is 32.7. The molecule has 0 radical (unpaired) electrons. The van der Waals surface area contributed by atoms with Crippen LogP contribution >= 0.6 is 34.8 Å². The lowest BCUT2D eigenvalue weighted by molar-refractivity contribution is 0.102. The summed E-state index contributed by atoms with van der Waals surface area (Å²) in [5.41, 5.74) is 1.13. The summed E-state index contributed by atoms with van der Waals surface area (Å²) in [6.07, 6.45) is 0. The zero-order valence-corrected chi connectivity index (χ0v) is 20.9. The maximum absolute atomic E-state index is 12.9. The number of sulfonamides is 1. The fraction of sp³-hybridized carbons (Fsp3) is 0.174. The number of nitrogens with zero attached hydrogens (tertiary/aromatic N) is 1. The molecule has 0 aromatic heterocycles. The monoisotopic (exact) mass is 526 g/mol. The van der Waals surface area contributed by atoms with Crippen molar-refractivity contribution in [1.29, 1.82) is 0 Å². The molecular formula is C23H21Cl3N2O4S. The number of carbonyl (C=O) groups is 1. The van der Waals surface area contributed by atoms with Gasteiger partial charge in [0.1, 0.15) is 5.75 Å². The van der Waals surface area contributed by atoms with E-state index < -0.39 is 15.9 Å². The van der Waals surface area contributed by atoms with Gasteiger partial charge in [-0.15, -0.1) is 0 Å². The molecule has 0 saturated carbocycles. The van der Waals surface area contributed by atoms with Crippen LogP contribution in [0.1, 0.15) is 22.8 Å². The first kappa shape index (κ1) is 25.3. The molecule has 3 aromatic rings. The highest BCUT2D eigenvalue weighted by Gasteiger charge is 2.23. The van der Waals surface area contributed by atoms with E-state index in [2.05, 4.69) is 5.32 Å². The number of anilines is 1. The molecule has 33 heavy (non-hydrogen) atoms. The van der Waals surface area contributed by atoms with Crippen LogP contribution in [-0.4, -0.2) is 32.3 Å². The Morgan fingerprint density at radius 1 is 0.970 bits per heavy atom. The minimum absolute atomic E-state index is 0.00120. The Balaban J connectivity index is 1.89. The molecular weight excluding hydrogens is 507 g/mol. The fourth-order valence-electron chi connectivity index (χ4n) is 3.05. The number of nitrogens with one attached hydrogen (secondary N) is 1. The van der Waals surface area contributed by atoms with Crippen molar-refractivity contribution in [3.05, 3.63) is 86.9 Å². The van der Waals surface area contributed by atoms with E-state index in [0.29, 0.717) is 29.2 Å². The molecule has 174 valence electrons. The van der Waals surface area contributed by atoms with Crippen molar-refractivity contribution >= 4 is 56.4 Å². The average molecular weight is 528 g/mol. The van der Waals surface area contributed by atoms with Crippen molar-refractivity contribution in [3.8, 4) is 5.75 Å². The average Bonchev–Trinajstić information content (AvgIpc) is 2.79. The number of benzene rings is 3. The van der Waals surface area contributed by atoms with Gasteiger partial charge in [0.05, 0.1) is 32.3 Å². The third-order valence-electron chi connectivity index (χ3n) is 4.73. The number of ether oxygens (including phenoxy) is 1. The van der Waals surface area contributed by atoms with Crippen LogP contribution in [0.25, 0.3) is 0 Å². The van der Waals surface area contributed by atoms with Crippen LogP contribution in [0.5, 0.6) is 5.75 Å². The van der Waals surface area contributed by atoms with Gasteiger partial charge >= 0.3 is 0 Å². The van der Waals surface area contributed by atoms with Gasteiger partial charge in [0.15, 0.2) is 0 Å². The normalized spacial score (nSPS) is 11.5. The van der Waals surface area contributed by atoms with E-state index in [1.54, 1.807) is 36.4 Å². The van der Waals surface area contributed by atoms with E-state index in [1.807, 2.05) is 6.92 Å². The largest absolute Gasteiger partial charge is 0.494 e. The van der Waals surface area contributed by atoms with Crippen molar-refractivity contribution < 1.29 is 17.9 Å². The van der Waals surface area contributed by atoms with E-state index in [4.69, 9.17) is 39.5 Å². The van der Waals surface area contributed by atoms with Crippen molar-refractivity contribution in [2.24, 2.45) is 0 Å². The molecule has 0 bridgehead atoms. The van der Waals surface area contributed by atoms with Crippen LogP contribution in [-0.2, 0) is 16.6 Å². The number of amides is 1. The van der Waals surface area contributed by atoms with Gasteiger partial charge < -0.3 is 10.1 Å². The van der Waals surface area contributed by atoms with E-state index in [-0.39, 0.29) is 26.5 Å². The molecule has 10 heteroatoms. The standard InChI is InChI=1S/C23H21Cl3N2O4S/c1-3-32-22-10-9-15(23(29)27-21-13-19(25)18(24)12-20(21)26)11-16(22)14-28(2)33(30,31)17-7-5-4-6-8-17/h4-13H,3,14H2,1-2H3,(H,27,29). The highest BCUT2D eigenvalue weighted by molar-refractivity contribution is 7.89. The van der Waals surface area contributed by atoms with E-state index in [0.717, 1.165) is 0 Å². The number of hydrogen-bond donors (Lipinski definition) is 1. The van der Waals surface area contributed by atoms with Crippen LogP contribution in [0.3, 0.4) is 0 Å². The zero-order chi connectivity index (χ0) is 24.2. The smallest absolute Gasteiger partial charge is 0.255 e. The van der Waals surface area contributed by atoms with Gasteiger partial charge in [-0.05, 0) is 49.4 Å². The first-order chi connectivity index (χ1) is 15.6. The topological polar surface area (TPSA) is 75.7 Å². The van der Waals surface area contributed by atoms with Gasteiger partial charge in [-0.1, -0.05) is 53.0 Å². The molecule has 0 saturated heterocycles. The molecule has 0 unspecified atom stereocenters. The highest BCUT2D eigenvalue weighted by Crippen LogP contribution is 2.33. The predicted molar refractivity (Wildman–Crippen MR) is 132 cm³/mol. The summed E-state index contributed by atoms with van der Waals surface area (Å²) in [5, 5.41) is 3.45. The van der Waals surface area contributed by atoms with E-state index >= 15 is 0 Å². The number of carbonyl (C=O) groups excluding carboxylic acids is 1. The van der Waals surface area contributed by atoms with Crippen LogP contribution in [0.4, 0.5) is 5.69 Å². The Hall–Kier alpha value is -2.29. The molecule has 0 aliphatic carbocycles. The quantitative estimate of drug-likeness (QED) is 0.358. The molecule has 0 aliphatic rings. The van der Waals surface area contributed by atoms with Crippen molar-refractivity contribution in [1.82, 2.24) is 4.31 Å². The van der Waals surface area contributed by atoms with Gasteiger partial charge in [0.25, 0.3) is 5.91 Å². The molecule has 0 fully saturated rings. The number of halogens is 3. The Kier molecular flexibility index (Phi) is 8.26. The number of hydrogen-bond acceptors (Lipinski definition) is 4. The fourth-order valence-corrected chi connectivity index (χ4v) is 4.81. The van der Waals surface area contributed by atoms with Crippen molar-refractivity contribution in [2.75, 3.05) is 19.0 Å². The molecule has 3 rings (SSSR count). The van der Waals surface area contributed by atoms with E-state index in [9.17, 15) is 13.2 Å². The molecule has 0 heterocycles. The lowest BCUT2D eigenvalue weighted by Gasteiger charge is -2.20. The molecule has 1 amide bonds. The lowest BCUT2D eigenvalue weighted by atomic mass is 10.1. The molecule has 1 N–H and O–H groups in total. The Bertz CT molecular complexity index is 1270. The lowest BCUT2D eigenvalue weighted by Crippen LogP contribution is -2.27. The Morgan fingerprint density at radius 3 is 2.30 bits per heavy atom. The van der Waals surface area contributed by atoms with Gasteiger partial charge in [-0.2, -0.15) is 4.31 Å². The summed E-state index contributed by atoms with van der Waals surface area (Å²) in [7, 11) is -2.26. The first-order valence-electron chi connectivity index (χ1n) is 9.86. The van der Waals surface area contributed by atoms with Gasteiger partial charge in [0.2, 0.25) is 10.0 Å². The van der Waals surface area contributed by atoms with Gasteiger partial charge in [-0.25, -0.2) is 8.42 Å². The molecule has 3 aromatic carbocycles. The summed E-state index contributed by atoms with van der Waals surface area (Å²) in [6, 6.07) is 15.8. The maximum atomic E-state index is 12.9. The van der Waals surface area contributed by atoms with Crippen LogP contribution < -0.4 is 10.1 Å². The number of rotatable bonds is 8. The Labute approximate surface area is 208 Å². The second-order valence-corrected chi connectivity index (χ2v) is 10.3. The van der Waals surface area contributed by atoms with Crippen molar-refractivity contribution in [2.45, 2.75) is 18.4 Å². The summed E-state index contributed by atoms with van der Waals surface area (Å²) in [5.74, 6) is 0.0323. The molecule has 0 atom stereocenters. The molecule has 6 nitrogen and oxygen atoms in total. The van der Waals surface area contributed by atoms with Crippen LogP contribution in [0.15, 0.2) is 65.6 Å². The second kappa shape index (κ2) is 10.8. The van der Waals surface area contributed by atoms with Gasteiger partial charge in [-0.3, -0.25) is 4.79 Å². The molecule has 0 spiro atoms. The van der Waals surface area contributed by atoms with E-state index in [1.165, 1.54) is 35.6 Å². The van der Waals surface area contributed by atoms with Crippen LogP contribution in [0.2, 0.25) is 15.1 Å².